The van der Waals surface area contributed by atoms with Crippen LogP contribution < -0.4 is 15.6 Å². The zero-order valence-corrected chi connectivity index (χ0v) is 16.6. The van der Waals surface area contributed by atoms with Gasteiger partial charge in [-0.05, 0) is 42.0 Å². The van der Waals surface area contributed by atoms with E-state index in [9.17, 15) is 9.59 Å². The van der Waals surface area contributed by atoms with Crippen LogP contribution in [0.5, 0.6) is 5.75 Å². The Kier molecular flexibility index (Phi) is 6.97. The van der Waals surface area contributed by atoms with Crippen LogP contribution in [0.25, 0.3) is 10.6 Å². The predicted molar refractivity (Wildman–Crippen MR) is 111 cm³/mol. The van der Waals surface area contributed by atoms with Gasteiger partial charge in [0, 0.05) is 25.6 Å². The van der Waals surface area contributed by atoms with Crippen molar-refractivity contribution in [3.63, 3.8) is 0 Å². The maximum atomic E-state index is 12.1. The Labute approximate surface area is 167 Å². The number of benzene rings is 1. The predicted octanol–water partition coefficient (Wildman–Crippen LogP) is 3.12. The van der Waals surface area contributed by atoms with Crippen molar-refractivity contribution in [2.45, 2.75) is 25.8 Å². The summed E-state index contributed by atoms with van der Waals surface area (Å²) in [6.45, 7) is 0.962. The number of aromatic nitrogens is 2. The van der Waals surface area contributed by atoms with Gasteiger partial charge in [0.15, 0.2) is 0 Å². The topological polar surface area (TPSA) is 73.2 Å². The Balaban J connectivity index is 1.45. The van der Waals surface area contributed by atoms with E-state index < -0.39 is 0 Å². The molecule has 0 bridgehead atoms. The van der Waals surface area contributed by atoms with Crippen LogP contribution in [0.2, 0.25) is 0 Å². The van der Waals surface area contributed by atoms with Crippen LogP contribution in [0.1, 0.15) is 18.4 Å². The first-order valence-electron chi connectivity index (χ1n) is 9.18. The molecule has 0 aliphatic carbocycles. The molecule has 3 aromatic rings. The number of carbonyl (C=O) groups excluding carboxylic acids is 1. The van der Waals surface area contributed by atoms with Crippen molar-refractivity contribution in [2.24, 2.45) is 0 Å². The molecule has 2 heterocycles. The molecular weight excluding hydrogens is 374 g/mol. The molecule has 0 radical (unpaired) electrons. The summed E-state index contributed by atoms with van der Waals surface area (Å²) in [7, 11) is 1.64. The van der Waals surface area contributed by atoms with Crippen LogP contribution in [0, 0.1) is 0 Å². The van der Waals surface area contributed by atoms with Crippen molar-refractivity contribution in [1.29, 1.82) is 0 Å². The van der Waals surface area contributed by atoms with Gasteiger partial charge in [0.05, 0.1) is 12.0 Å². The second-order valence-electron chi connectivity index (χ2n) is 6.27. The standard InChI is InChI=1S/C21H23N3O3S/c1-27-18-7-3-2-6-16(18)12-13-22-20(25)9-4-14-24-21(26)11-10-17(23-24)19-8-5-15-28-19/h2-3,5-8,10-11,15H,4,9,12-14H2,1H3,(H,22,25). The number of aryl methyl sites for hydroxylation is 1. The van der Waals surface area contributed by atoms with Crippen LogP contribution in [-0.2, 0) is 17.8 Å². The van der Waals surface area contributed by atoms with E-state index in [1.165, 1.54) is 10.7 Å². The molecule has 0 saturated heterocycles. The minimum absolute atomic E-state index is 0.0302. The molecule has 0 fully saturated rings. The summed E-state index contributed by atoms with van der Waals surface area (Å²) < 4.78 is 6.74. The molecule has 3 rings (SSSR count). The lowest BCUT2D eigenvalue weighted by molar-refractivity contribution is -0.121. The molecule has 6 nitrogen and oxygen atoms in total. The van der Waals surface area contributed by atoms with Gasteiger partial charge in [-0.3, -0.25) is 9.59 Å². The number of amides is 1. The number of para-hydroxylation sites is 1. The Bertz CT molecular complexity index is 967. The summed E-state index contributed by atoms with van der Waals surface area (Å²) in [4.78, 5) is 25.1. The van der Waals surface area contributed by atoms with Gasteiger partial charge >= 0.3 is 0 Å². The van der Waals surface area contributed by atoms with E-state index in [0.717, 1.165) is 21.9 Å². The van der Waals surface area contributed by atoms with Crippen molar-refractivity contribution in [3.05, 3.63) is 69.8 Å². The molecule has 0 aliphatic rings. The molecule has 1 amide bonds. The Morgan fingerprint density at radius 1 is 1.18 bits per heavy atom. The van der Waals surface area contributed by atoms with Crippen LogP contribution in [-0.4, -0.2) is 29.3 Å². The molecule has 28 heavy (non-hydrogen) atoms. The van der Waals surface area contributed by atoms with E-state index in [1.807, 2.05) is 41.8 Å². The highest BCUT2D eigenvalue weighted by Gasteiger charge is 2.07. The molecule has 0 unspecified atom stereocenters. The zero-order chi connectivity index (χ0) is 19.8. The summed E-state index contributed by atoms with van der Waals surface area (Å²) in [5.41, 5.74) is 1.68. The lowest BCUT2D eigenvalue weighted by Gasteiger charge is -2.09. The normalized spacial score (nSPS) is 10.6. The summed E-state index contributed by atoms with van der Waals surface area (Å²) in [5.74, 6) is 0.796. The van der Waals surface area contributed by atoms with Crippen LogP contribution in [0.15, 0.2) is 58.7 Å². The van der Waals surface area contributed by atoms with Crippen molar-refractivity contribution in [2.75, 3.05) is 13.7 Å². The van der Waals surface area contributed by atoms with Gasteiger partial charge < -0.3 is 10.1 Å². The number of nitrogens with zero attached hydrogens (tertiary/aromatic N) is 2. The number of carbonyl (C=O) groups is 1. The van der Waals surface area contributed by atoms with E-state index in [0.29, 0.717) is 32.4 Å². The molecule has 146 valence electrons. The first-order valence-corrected chi connectivity index (χ1v) is 10.1. The summed E-state index contributed by atoms with van der Waals surface area (Å²) in [5, 5.41) is 9.29. The van der Waals surface area contributed by atoms with Crippen LogP contribution in [0.3, 0.4) is 0 Å². The van der Waals surface area contributed by atoms with Gasteiger partial charge in [0.1, 0.15) is 11.4 Å². The average molecular weight is 398 g/mol. The van der Waals surface area contributed by atoms with Gasteiger partial charge in [-0.1, -0.05) is 24.3 Å². The number of ether oxygens (including phenoxy) is 1. The average Bonchev–Trinajstić information content (AvgIpc) is 3.24. The SMILES string of the molecule is COc1ccccc1CCNC(=O)CCCn1nc(-c2cccs2)ccc1=O. The van der Waals surface area contributed by atoms with Gasteiger partial charge in [-0.2, -0.15) is 5.10 Å². The number of methoxy groups -OCH3 is 1. The highest BCUT2D eigenvalue weighted by Crippen LogP contribution is 2.21. The van der Waals surface area contributed by atoms with Crippen LogP contribution >= 0.6 is 11.3 Å². The second-order valence-corrected chi connectivity index (χ2v) is 7.22. The maximum absolute atomic E-state index is 12.1. The molecule has 0 spiro atoms. The third kappa shape index (κ3) is 5.29. The summed E-state index contributed by atoms with van der Waals surface area (Å²) in [6.07, 6.45) is 1.62. The van der Waals surface area contributed by atoms with E-state index in [-0.39, 0.29) is 11.5 Å². The van der Waals surface area contributed by atoms with Crippen molar-refractivity contribution in [3.8, 4) is 16.3 Å². The Morgan fingerprint density at radius 3 is 2.82 bits per heavy atom. The van der Waals surface area contributed by atoms with E-state index in [2.05, 4.69) is 10.4 Å². The van der Waals surface area contributed by atoms with Crippen LogP contribution in [0.4, 0.5) is 0 Å². The number of nitrogens with one attached hydrogen (secondary N) is 1. The van der Waals surface area contributed by atoms with Gasteiger partial charge in [0.25, 0.3) is 5.56 Å². The summed E-state index contributed by atoms with van der Waals surface area (Å²) >= 11 is 1.58. The van der Waals surface area contributed by atoms with Gasteiger partial charge in [-0.15, -0.1) is 11.3 Å². The Hall–Kier alpha value is -2.93. The number of thiophene rings is 1. The number of rotatable bonds is 9. The van der Waals surface area contributed by atoms with Gasteiger partial charge in [-0.25, -0.2) is 4.68 Å². The molecule has 1 N–H and O–H groups in total. The monoisotopic (exact) mass is 397 g/mol. The fourth-order valence-electron chi connectivity index (χ4n) is 2.89. The molecule has 0 saturated carbocycles. The quantitative estimate of drug-likeness (QED) is 0.602. The molecular formula is C21H23N3O3S. The lowest BCUT2D eigenvalue weighted by atomic mass is 10.1. The molecule has 2 aromatic heterocycles. The minimum atomic E-state index is -0.156. The van der Waals surface area contributed by atoms with Crippen molar-refractivity contribution >= 4 is 17.2 Å². The van der Waals surface area contributed by atoms with E-state index >= 15 is 0 Å². The fourth-order valence-corrected chi connectivity index (χ4v) is 3.58. The zero-order valence-electron chi connectivity index (χ0n) is 15.8. The smallest absolute Gasteiger partial charge is 0.266 e. The largest absolute Gasteiger partial charge is 0.496 e. The summed E-state index contributed by atoms with van der Waals surface area (Å²) in [6, 6.07) is 14.9. The fraction of sp³-hybridized carbons (Fsp3) is 0.286. The van der Waals surface area contributed by atoms with E-state index in [1.54, 1.807) is 24.5 Å². The number of hydrogen-bond acceptors (Lipinski definition) is 5. The first-order chi connectivity index (χ1) is 13.7. The van der Waals surface area contributed by atoms with E-state index in [4.69, 9.17) is 4.74 Å². The third-order valence-corrected chi connectivity index (χ3v) is 5.22. The highest BCUT2D eigenvalue weighted by molar-refractivity contribution is 7.13. The minimum Gasteiger partial charge on any atom is -0.496 e. The van der Waals surface area contributed by atoms with Crippen molar-refractivity contribution in [1.82, 2.24) is 15.1 Å². The lowest BCUT2D eigenvalue weighted by Crippen LogP contribution is -2.27. The molecule has 0 atom stereocenters. The third-order valence-electron chi connectivity index (χ3n) is 4.32. The second kappa shape index (κ2) is 9.85. The molecule has 0 aliphatic heterocycles. The number of hydrogen-bond donors (Lipinski definition) is 1. The highest BCUT2D eigenvalue weighted by atomic mass is 32.1. The van der Waals surface area contributed by atoms with Crippen molar-refractivity contribution < 1.29 is 9.53 Å². The Morgan fingerprint density at radius 2 is 2.04 bits per heavy atom. The first kappa shape index (κ1) is 19.8. The van der Waals surface area contributed by atoms with Gasteiger partial charge in [0.2, 0.25) is 5.91 Å². The molecule has 1 aromatic carbocycles. The maximum Gasteiger partial charge on any atom is 0.266 e. The molecule has 7 heteroatoms.